The first-order valence-electron chi connectivity index (χ1n) is 9.16. The summed E-state index contributed by atoms with van der Waals surface area (Å²) in [5.41, 5.74) is 4.34. The molecule has 0 radical (unpaired) electrons. The minimum Gasteiger partial charge on any atom is -0.453 e. The molecule has 2 aliphatic rings. The Hall–Kier alpha value is -3.62. The van der Waals surface area contributed by atoms with Crippen LogP contribution in [0, 0.1) is 11.3 Å². The third-order valence-corrected chi connectivity index (χ3v) is 5.21. The summed E-state index contributed by atoms with van der Waals surface area (Å²) < 4.78 is 5.97. The van der Waals surface area contributed by atoms with Crippen LogP contribution >= 0.6 is 0 Å². The minimum absolute atomic E-state index is 0.0190. The van der Waals surface area contributed by atoms with Crippen LogP contribution in [0.3, 0.4) is 0 Å². The van der Waals surface area contributed by atoms with E-state index < -0.39 is 0 Å². The summed E-state index contributed by atoms with van der Waals surface area (Å²) in [4.78, 5) is 17.2. The van der Waals surface area contributed by atoms with E-state index in [1.807, 2.05) is 66.7 Å². The number of nitrogens with zero attached hydrogens (tertiary/aromatic N) is 3. The Balaban J connectivity index is 1.45. The van der Waals surface area contributed by atoms with Gasteiger partial charge in [-0.2, -0.15) is 5.26 Å². The van der Waals surface area contributed by atoms with Crippen molar-refractivity contribution in [2.45, 2.75) is 13.1 Å². The minimum atomic E-state index is -0.0190. The van der Waals surface area contributed by atoms with Gasteiger partial charge < -0.3 is 4.74 Å². The third kappa shape index (κ3) is 2.63. The second kappa shape index (κ2) is 6.52. The van der Waals surface area contributed by atoms with E-state index in [2.05, 4.69) is 11.0 Å². The number of para-hydroxylation sites is 4. The summed E-state index contributed by atoms with van der Waals surface area (Å²) in [5, 5.41) is 9.33. The van der Waals surface area contributed by atoms with E-state index in [1.165, 1.54) is 0 Å². The van der Waals surface area contributed by atoms with E-state index >= 15 is 0 Å². The standard InChI is InChI=1S/C23H17N3O2/c24-12-16-6-5-7-17-13-25(14-18(16)17)15-23(27)26-19-8-1-3-10-21(19)28-22-11-4-2-9-20(22)26/h1-11H,13-15H2. The first-order chi connectivity index (χ1) is 13.7. The fourth-order valence-corrected chi connectivity index (χ4v) is 3.94. The van der Waals surface area contributed by atoms with Crippen molar-refractivity contribution in [2.24, 2.45) is 0 Å². The zero-order chi connectivity index (χ0) is 19.1. The number of carbonyl (C=O) groups is 1. The zero-order valence-corrected chi connectivity index (χ0v) is 15.1. The second-order valence-electron chi connectivity index (χ2n) is 6.97. The van der Waals surface area contributed by atoms with E-state index in [0.29, 0.717) is 30.2 Å². The molecule has 0 saturated carbocycles. The molecule has 3 aromatic carbocycles. The molecule has 0 unspecified atom stereocenters. The number of carbonyl (C=O) groups excluding carboxylic acids is 1. The van der Waals surface area contributed by atoms with E-state index in [4.69, 9.17) is 4.74 Å². The first kappa shape index (κ1) is 16.5. The van der Waals surface area contributed by atoms with Gasteiger partial charge in [0, 0.05) is 13.1 Å². The molecule has 136 valence electrons. The molecular formula is C23H17N3O2. The van der Waals surface area contributed by atoms with Crippen molar-refractivity contribution >= 4 is 17.3 Å². The number of amides is 1. The van der Waals surface area contributed by atoms with Crippen LogP contribution in [0.1, 0.15) is 16.7 Å². The SMILES string of the molecule is N#Cc1cccc2c1CN(CC(=O)N1c3ccccc3Oc3ccccc31)C2. The smallest absolute Gasteiger partial charge is 0.245 e. The number of fused-ring (bicyclic) bond motifs is 3. The van der Waals surface area contributed by atoms with Gasteiger partial charge in [-0.3, -0.25) is 14.6 Å². The lowest BCUT2D eigenvalue weighted by atomic mass is 10.1. The topological polar surface area (TPSA) is 56.6 Å². The van der Waals surface area contributed by atoms with Crippen LogP contribution in [-0.2, 0) is 17.9 Å². The second-order valence-corrected chi connectivity index (χ2v) is 6.97. The van der Waals surface area contributed by atoms with Gasteiger partial charge >= 0.3 is 0 Å². The highest BCUT2D eigenvalue weighted by Crippen LogP contribution is 2.46. The van der Waals surface area contributed by atoms with Gasteiger partial charge in [-0.15, -0.1) is 0 Å². The van der Waals surface area contributed by atoms with Crippen molar-refractivity contribution in [1.82, 2.24) is 4.90 Å². The lowest BCUT2D eigenvalue weighted by Gasteiger charge is -2.32. The lowest BCUT2D eigenvalue weighted by Crippen LogP contribution is -2.37. The summed E-state index contributed by atoms with van der Waals surface area (Å²) in [6, 6.07) is 23.2. The van der Waals surface area contributed by atoms with Crippen LogP contribution in [0.4, 0.5) is 11.4 Å². The van der Waals surface area contributed by atoms with Crippen LogP contribution in [0.15, 0.2) is 66.7 Å². The molecule has 28 heavy (non-hydrogen) atoms. The number of nitriles is 1. The average Bonchev–Trinajstić information content (AvgIpc) is 3.14. The molecule has 0 aromatic heterocycles. The molecule has 2 heterocycles. The van der Waals surface area contributed by atoms with E-state index in [1.54, 1.807) is 4.90 Å². The summed E-state index contributed by atoms with van der Waals surface area (Å²) in [7, 11) is 0. The maximum atomic E-state index is 13.3. The molecule has 0 atom stereocenters. The van der Waals surface area contributed by atoms with Gasteiger partial charge in [0.15, 0.2) is 11.5 Å². The molecule has 3 aromatic rings. The Morgan fingerprint density at radius 3 is 2.29 bits per heavy atom. The summed E-state index contributed by atoms with van der Waals surface area (Å²) >= 11 is 0. The molecule has 0 spiro atoms. The average molecular weight is 367 g/mol. The molecule has 0 bridgehead atoms. The Kier molecular flexibility index (Phi) is 3.85. The summed E-state index contributed by atoms with van der Waals surface area (Å²) in [5.74, 6) is 1.33. The van der Waals surface area contributed by atoms with Crippen molar-refractivity contribution < 1.29 is 9.53 Å². The molecule has 5 nitrogen and oxygen atoms in total. The highest BCUT2D eigenvalue weighted by Gasteiger charge is 2.31. The number of hydrogen-bond donors (Lipinski definition) is 0. The normalized spacial score (nSPS) is 14.5. The van der Waals surface area contributed by atoms with E-state index in [-0.39, 0.29) is 12.5 Å². The molecule has 1 amide bonds. The van der Waals surface area contributed by atoms with Crippen LogP contribution in [0.25, 0.3) is 0 Å². The lowest BCUT2D eigenvalue weighted by molar-refractivity contribution is -0.119. The fourth-order valence-electron chi connectivity index (χ4n) is 3.94. The van der Waals surface area contributed by atoms with Crippen LogP contribution < -0.4 is 9.64 Å². The summed E-state index contributed by atoms with van der Waals surface area (Å²) in [6.45, 7) is 1.55. The quantitative estimate of drug-likeness (QED) is 0.676. The molecule has 0 aliphatic carbocycles. The van der Waals surface area contributed by atoms with E-state index in [0.717, 1.165) is 22.5 Å². The van der Waals surface area contributed by atoms with Crippen LogP contribution in [0.5, 0.6) is 11.5 Å². The number of anilines is 2. The van der Waals surface area contributed by atoms with Crippen molar-refractivity contribution in [1.29, 1.82) is 5.26 Å². The Labute approximate surface area is 163 Å². The fraction of sp³-hybridized carbons (Fsp3) is 0.130. The van der Waals surface area contributed by atoms with Gasteiger partial charge in [0.25, 0.3) is 0 Å². The number of hydrogen-bond acceptors (Lipinski definition) is 4. The van der Waals surface area contributed by atoms with Crippen LogP contribution in [-0.4, -0.2) is 17.4 Å². The molecular weight excluding hydrogens is 350 g/mol. The molecule has 5 rings (SSSR count). The van der Waals surface area contributed by atoms with Gasteiger partial charge in [-0.05, 0) is 41.5 Å². The van der Waals surface area contributed by atoms with Crippen molar-refractivity contribution in [3.8, 4) is 17.6 Å². The van der Waals surface area contributed by atoms with Gasteiger partial charge in [-0.1, -0.05) is 36.4 Å². The Morgan fingerprint density at radius 2 is 1.61 bits per heavy atom. The Bertz CT molecular complexity index is 1090. The van der Waals surface area contributed by atoms with Gasteiger partial charge in [-0.25, -0.2) is 0 Å². The number of rotatable bonds is 2. The predicted molar refractivity (Wildman–Crippen MR) is 105 cm³/mol. The monoisotopic (exact) mass is 367 g/mol. The molecule has 5 heteroatoms. The molecule has 2 aliphatic heterocycles. The van der Waals surface area contributed by atoms with Gasteiger partial charge in [0.2, 0.25) is 5.91 Å². The first-order valence-corrected chi connectivity index (χ1v) is 9.16. The zero-order valence-electron chi connectivity index (χ0n) is 15.1. The third-order valence-electron chi connectivity index (χ3n) is 5.21. The Morgan fingerprint density at radius 1 is 0.929 bits per heavy atom. The van der Waals surface area contributed by atoms with Crippen LogP contribution in [0.2, 0.25) is 0 Å². The highest BCUT2D eigenvalue weighted by atomic mass is 16.5. The van der Waals surface area contributed by atoms with Crippen molar-refractivity contribution in [3.05, 3.63) is 83.4 Å². The van der Waals surface area contributed by atoms with E-state index in [9.17, 15) is 10.1 Å². The molecule has 0 N–H and O–H groups in total. The number of benzene rings is 3. The van der Waals surface area contributed by atoms with Crippen molar-refractivity contribution in [3.63, 3.8) is 0 Å². The maximum Gasteiger partial charge on any atom is 0.245 e. The number of ether oxygens (including phenoxy) is 1. The van der Waals surface area contributed by atoms with Gasteiger partial charge in [0.1, 0.15) is 0 Å². The molecule has 0 saturated heterocycles. The van der Waals surface area contributed by atoms with Gasteiger partial charge in [0.05, 0.1) is 29.6 Å². The summed E-state index contributed by atoms with van der Waals surface area (Å²) in [6.07, 6.45) is 0. The largest absolute Gasteiger partial charge is 0.453 e. The maximum absolute atomic E-state index is 13.3. The highest BCUT2D eigenvalue weighted by molar-refractivity contribution is 6.05. The molecule has 0 fully saturated rings. The predicted octanol–water partition coefficient (Wildman–Crippen LogP) is 4.34. The van der Waals surface area contributed by atoms with Crippen molar-refractivity contribution in [2.75, 3.05) is 11.4 Å².